The molecule has 1 aromatic rings. The molecule has 0 saturated heterocycles. The second-order valence-corrected chi connectivity index (χ2v) is 6.38. The van der Waals surface area contributed by atoms with Gasteiger partial charge in [-0.15, -0.1) is 0 Å². The highest BCUT2D eigenvalue weighted by Gasteiger charge is 2.09. The first-order valence-corrected chi connectivity index (χ1v) is 7.50. The fraction of sp³-hybridized carbons (Fsp3) is 0.500. The van der Waals surface area contributed by atoms with E-state index in [4.69, 9.17) is 0 Å². The van der Waals surface area contributed by atoms with E-state index in [1.807, 2.05) is 19.1 Å². The number of hydrogen-bond acceptors (Lipinski definition) is 3. The SMILES string of the molecule is CCc1cccc(NC(C)CS(C)(=O)=O)c1. The van der Waals surface area contributed by atoms with Gasteiger partial charge < -0.3 is 5.32 Å². The van der Waals surface area contributed by atoms with E-state index < -0.39 is 9.84 Å². The van der Waals surface area contributed by atoms with Crippen molar-refractivity contribution >= 4 is 15.5 Å². The van der Waals surface area contributed by atoms with Crippen molar-refractivity contribution in [2.75, 3.05) is 17.3 Å². The average molecular weight is 241 g/mol. The molecule has 16 heavy (non-hydrogen) atoms. The lowest BCUT2D eigenvalue weighted by Gasteiger charge is -2.14. The number of anilines is 1. The maximum Gasteiger partial charge on any atom is 0.149 e. The Bertz CT molecular complexity index is 440. The smallest absolute Gasteiger partial charge is 0.149 e. The zero-order valence-electron chi connectivity index (χ0n) is 10.0. The van der Waals surface area contributed by atoms with Crippen molar-refractivity contribution in [1.29, 1.82) is 0 Å². The molecule has 0 aliphatic carbocycles. The first kappa shape index (κ1) is 13.0. The van der Waals surface area contributed by atoms with Gasteiger partial charge in [-0.1, -0.05) is 19.1 Å². The Hall–Kier alpha value is -1.03. The number of rotatable bonds is 5. The summed E-state index contributed by atoms with van der Waals surface area (Å²) >= 11 is 0. The van der Waals surface area contributed by atoms with Crippen LogP contribution < -0.4 is 5.32 Å². The Labute approximate surface area is 97.8 Å². The van der Waals surface area contributed by atoms with E-state index in [1.165, 1.54) is 11.8 Å². The van der Waals surface area contributed by atoms with Gasteiger partial charge in [-0.2, -0.15) is 0 Å². The third-order valence-electron chi connectivity index (χ3n) is 2.30. The molecular weight excluding hydrogens is 222 g/mol. The fourth-order valence-electron chi connectivity index (χ4n) is 1.66. The van der Waals surface area contributed by atoms with E-state index in [9.17, 15) is 8.42 Å². The predicted octanol–water partition coefficient (Wildman–Crippen LogP) is 2.09. The van der Waals surface area contributed by atoms with Crippen LogP contribution in [0.2, 0.25) is 0 Å². The molecule has 1 N–H and O–H groups in total. The fourth-order valence-corrected chi connectivity index (χ4v) is 2.65. The molecule has 0 heterocycles. The van der Waals surface area contributed by atoms with Crippen molar-refractivity contribution in [3.8, 4) is 0 Å². The van der Waals surface area contributed by atoms with Gasteiger partial charge in [0.25, 0.3) is 0 Å². The van der Waals surface area contributed by atoms with Crippen LogP contribution in [0.3, 0.4) is 0 Å². The Kier molecular flexibility index (Phi) is 4.35. The second-order valence-electron chi connectivity index (χ2n) is 4.19. The van der Waals surface area contributed by atoms with E-state index in [-0.39, 0.29) is 11.8 Å². The molecule has 1 unspecified atom stereocenters. The van der Waals surface area contributed by atoms with Crippen LogP contribution in [0, 0.1) is 0 Å². The van der Waals surface area contributed by atoms with Crippen LogP contribution in [-0.4, -0.2) is 26.5 Å². The van der Waals surface area contributed by atoms with Gasteiger partial charge in [0.15, 0.2) is 0 Å². The zero-order chi connectivity index (χ0) is 12.2. The highest BCUT2D eigenvalue weighted by molar-refractivity contribution is 7.90. The minimum Gasteiger partial charge on any atom is -0.382 e. The van der Waals surface area contributed by atoms with Crippen LogP contribution in [0.5, 0.6) is 0 Å². The van der Waals surface area contributed by atoms with Crippen LogP contribution in [0.4, 0.5) is 5.69 Å². The Morgan fingerprint density at radius 1 is 1.38 bits per heavy atom. The molecule has 0 saturated carbocycles. The van der Waals surface area contributed by atoms with Crippen molar-refractivity contribution < 1.29 is 8.42 Å². The van der Waals surface area contributed by atoms with Crippen molar-refractivity contribution in [3.05, 3.63) is 29.8 Å². The monoisotopic (exact) mass is 241 g/mol. The predicted molar refractivity (Wildman–Crippen MR) is 68.6 cm³/mol. The van der Waals surface area contributed by atoms with Crippen molar-refractivity contribution in [3.63, 3.8) is 0 Å². The summed E-state index contributed by atoms with van der Waals surface area (Å²) < 4.78 is 22.2. The summed E-state index contributed by atoms with van der Waals surface area (Å²) in [5, 5.41) is 3.19. The van der Waals surface area contributed by atoms with E-state index >= 15 is 0 Å². The summed E-state index contributed by atoms with van der Waals surface area (Å²) in [6.07, 6.45) is 2.24. The van der Waals surface area contributed by atoms with Gasteiger partial charge in [0.2, 0.25) is 0 Å². The first-order valence-electron chi connectivity index (χ1n) is 5.44. The van der Waals surface area contributed by atoms with E-state index in [0.717, 1.165) is 12.1 Å². The minimum absolute atomic E-state index is 0.0675. The van der Waals surface area contributed by atoms with Crippen LogP contribution in [0.25, 0.3) is 0 Å². The van der Waals surface area contributed by atoms with Gasteiger partial charge in [0.05, 0.1) is 5.75 Å². The molecule has 3 nitrogen and oxygen atoms in total. The largest absolute Gasteiger partial charge is 0.382 e. The highest BCUT2D eigenvalue weighted by Crippen LogP contribution is 2.12. The van der Waals surface area contributed by atoms with Gasteiger partial charge in [-0.3, -0.25) is 0 Å². The molecule has 4 heteroatoms. The molecule has 0 fully saturated rings. The summed E-state index contributed by atoms with van der Waals surface area (Å²) in [5.41, 5.74) is 2.23. The molecule has 0 amide bonds. The number of aryl methyl sites for hydroxylation is 1. The molecule has 0 aliphatic rings. The second kappa shape index (κ2) is 5.34. The molecule has 1 aromatic carbocycles. The average Bonchev–Trinajstić information content (AvgIpc) is 2.15. The van der Waals surface area contributed by atoms with Crippen LogP contribution in [0.1, 0.15) is 19.4 Å². The van der Waals surface area contributed by atoms with Crippen LogP contribution in [-0.2, 0) is 16.3 Å². The Morgan fingerprint density at radius 2 is 2.06 bits per heavy atom. The molecule has 1 atom stereocenters. The molecule has 0 aromatic heterocycles. The summed E-state index contributed by atoms with van der Waals surface area (Å²) in [6, 6.07) is 7.99. The van der Waals surface area contributed by atoms with Crippen LogP contribution >= 0.6 is 0 Å². The molecule has 0 aliphatic heterocycles. The van der Waals surface area contributed by atoms with Crippen molar-refractivity contribution in [2.24, 2.45) is 0 Å². The molecular formula is C12H19NO2S. The highest BCUT2D eigenvalue weighted by atomic mass is 32.2. The summed E-state index contributed by atoms with van der Waals surface area (Å²) in [7, 11) is -2.92. The molecule has 0 radical (unpaired) electrons. The van der Waals surface area contributed by atoms with Gasteiger partial charge in [-0.25, -0.2) is 8.42 Å². The van der Waals surface area contributed by atoms with Gasteiger partial charge in [0.1, 0.15) is 9.84 Å². The molecule has 0 spiro atoms. The Morgan fingerprint density at radius 3 is 2.62 bits per heavy atom. The quantitative estimate of drug-likeness (QED) is 0.858. The van der Waals surface area contributed by atoms with Gasteiger partial charge >= 0.3 is 0 Å². The standard InChI is InChI=1S/C12H19NO2S/c1-4-11-6-5-7-12(8-11)13-10(2)9-16(3,14)15/h5-8,10,13H,4,9H2,1-3H3. The zero-order valence-corrected chi connectivity index (χ0v) is 10.8. The van der Waals surface area contributed by atoms with Crippen molar-refractivity contribution in [1.82, 2.24) is 0 Å². The van der Waals surface area contributed by atoms with Gasteiger partial charge in [-0.05, 0) is 31.0 Å². The Balaban J connectivity index is 2.65. The van der Waals surface area contributed by atoms with Crippen molar-refractivity contribution in [2.45, 2.75) is 26.3 Å². The lowest BCUT2D eigenvalue weighted by atomic mass is 10.1. The summed E-state index contributed by atoms with van der Waals surface area (Å²) in [4.78, 5) is 0. The maximum atomic E-state index is 11.1. The molecule has 90 valence electrons. The third kappa shape index (κ3) is 4.66. The minimum atomic E-state index is -2.92. The lowest BCUT2D eigenvalue weighted by Crippen LogP contribution is -2.24. The third-order valence-corrected chi connectivity index (χ3v) is 3.41. The summed E-state index contributed by atoms with van der Waals surface area (Å²) in [6.45, 7) is 3.97. The normalized spacial score (nSPS) is 13.4. The number of hydrogen-bond donors (Lipinski definition) is 1. The lowest BCUT2D eigenvalue weighted by molar-refractivity contribution is 0.598. The number of benzene rings is 1. The van der Waals surface area contributed by atoms with E-state index in [2.05, 4.69) is 24.4 Å². The van der Waals surface area contributed by atoms with E-state index in [0.29, 0.717) is 0 Å². The van der Waals surface area contributed by atoms with Gasteiger partial charge in [0, 0.05) is 18.0 Å². The molecule has 1 rings (SSSR count). The molecule has 0 bridgehead atoms. The maximum absolute atomic E-state index is 11.1. The number of sulfone groups is 1. The summed E-state index contributed by atoms with van der Waals surface area (Å²) in [5.74, 6) is 0.156. The van der Waals surface area contributed by atoms with E-state index in [1.54, 1.807) is 0 Å². The topological polar surface area (TPSA) is 46.2 Å². The van der Waals surface area contributed by atoms with Crippen LogP contribution in [0.15, 0.2) is 24.3 Å². The first-order chi connectivity index (χ1) is 7.40. The number of nitrogens with one attached hydrogen (secondary N) is 1.